The standard InChI is InChI=1S/C33H22Cl2F2N2O7/c34-32-14-22-19(11-12-20-24(22)28(42)38(27(20)41)18-4-1-3-15(13-18)29(43)44)25(21-5-2-6-23(37)26(21)40)33(32,35)31(46)39(30(32)45)17-9-7-16(36)8-10-17/h1-11,13,20,22,24-25,40H,12,14H2,(H,43,44)/t20-,22+,24-,25+,32+,33-/m0/s1. The van der Waals surface area contributed by atoms with Crippen LogP contribution in [0, 0.1) is 29.4 Å². The van der Waals surface area contributed by atoms with Gasteiger partial charge in [0.05, 0.1) is 28.8 Å². The molecule has 2 N–H and O–H groups in total. The Labute approximate surface area is 269 Å². The van der Waals surface area contributed by atoms with E-state index in [1.54, 1.807) is 6.08 Å². The number of anilines is 2. The summed E-state index contributed by atoms with van der Waals surface area (Å²) in [4.78, 5) is 65.0. The topological polar surface area (TPSA) is 132 Å². The zero-order chi connectivity index (χ0) is 32.9. The number of para-hydroxylation sites is 1. The Kier molecular flexibility index (Phi) is 6.67. The second-order valence-electron chi connectivity index (χ2n) is 11.8. The molecule has 0 radical (unpaired) electrons. The zero-order valence-corrected chi connectivity index (χ0v) is 25.0. The van der Waals surface area contributed by atoms with E-state index in [0.29, 0.717) is 5.57 Å². The minimum absolute atomic E-state index is 0.00512. The third-order valence-electron chi connectivity index (χ3n) is 9.58. The number of nitrogens with zero attached hydrogens (tertiary/aromatic N) is 2. The molecule has 3 aromatic rings. The smallest absolute Gasteiger partial charge is 0.335 e. The van der Waals surface area contributed by atoms with Crippen molar-refractivity contribution in [2.45, 2.75) is 28.5 Å². The van der Waals surface area contributed by atoms with Gasteiger partial charge in [-0.05, 0) is 67.3 Å². The van der Waals surface area contributed by atoms with Crippen LogP contribution in [0.25, 0.3) is 0 Å². The molecule has 234 valence electrons. The van der Waals surface area contributed by atoms with E-state index in [1.165, 1.54) is 48.5 Å². The highest BCUT2D eigenvalue weighted by Gasteiger charge is 2.77. The molecule has 6 atom stereocenters. The molecule has 2 aliphatic heterocycles. The second-order valence-corrected chi connectivity index (χ2v) is 13.0. The molecule has 7 rings (SSSR count). The molecule has 9 nitrogen and oxygen atoms in total. The number of phenols is 1. The highest BCUT2D eigenvalue weighted by atomic mass is 35.5. The van der Waals surface area contributed by atoms with Crippen LogP contribution in [-0.4, -0.2) is 49.6 Å². The number of rotatable bonds is 4. The van der Waals surface area contributed by atoms with E-state index in [1.807, 2.05) is 0 Å². The molecule has 0 aromatic heterocycles. The van der Waals surface area contributed by atoms with Gasteiger partial charge in [-0.15, -0.1) is 23.2 Å². The molecule has 13 heteroatoms. The van der Waals surface area contributed by atoms with Crippen LogP contribution in [-0.2, 0) is 19.2 Å². The number of hydrogen-bond acceptors (Lipinski definition) is 6. The van der Waals surface area contributed by atoms with Crippen LogP contribution in [0.3, 0.4) is 0 Å². The summed E-state index contributed by atoms with van der Waals surface area (Å²) in [6, 6.07) is 13.4. The van der Waals surface area contributed by atoms with Crippen LogP contribution < -0.4 is 9.80 Å². The SMILES string of the molecule is O=C(O)c1cccc(N2C(=O)[C@H]3[C@H](CC=C4[C@H]3C[C@@]3(Cl)C(=O)N(c5ccc(F)cc5)C(=O)[C@@]3(Cl)[C@H]4c3cccc(F)c3O)C2=O)c1. The molecule has 46 heavy (non-hydrogen) atoms. The predicted molar refractivity (Wildman–Crippen MR) is 161 cm³/mol. The third-order valence-corrected chi connectivity index (χ3v) is 11.0. The summed E-state index contributed by atoms with van der Waals surface area (Å²) in [5, 5.41) is 20.4. The molecule has 1 saturated carbocycles. The van der Waals surface area contributed by atoms with Gasteiger partial charge in [-0.2, -0.15) is 0 Å². The van der Waals surface area contributed by atoms with E-state index in [-0.39, 0.29) is 35.3 Å². The molecule has 4 aliphatic rings. The van der Waals surface area contributed by atoms with Crippen molar-refractivity contribution in [1.82, 2.24) is 0 Å². The van der Waals surface area contributed by atoms with Gasteiger partial charge < -0.3 is 10.2 Å². The van der Waals surface area contributed by atoms with Crippen molar-refractivity contribution in [3.05, 3.63) is 101 Å². The number of aromatic hydroxyl groups is 1. The van der Waals surface area contributed by atoms with Gasteiger partial charge in [-0.3, -0.25) is 24.1 Å². The number of phenolic OH excluding ortho intramolecular Hbond substituents is 1. The number of imide groups is 2. The Morgan fingerprint density at radius 2 is 1.54 bits per heavy atom. The minimum Gasteiger partial charge on any atom is -0.505 e. The van der Waals surface area contributed by atoms with Crippen LogP contribution >= 0.6 is 23.2 Å². The van der Waals surface area contributed by atoms with E-state index in [0.717, 1.165) is 28.0 Å². The number of aromatic carboxylic acids is 1. The molecular weight excluding hydrogens is 645 g/mol. The maximum Gasteiger partial charge on any atom is 0.335 e. The highest BCUT2D eigenvalue weighted by molar-refractivity contribution is 6.58. The first-order valence-corrected chi connectivity index (χ1v) is 15.0. The molecule has 3 fully saturated rings. The summed E-state index contributed by atoms with van der Waals surface area (Å²) in [6.07, 6.45) is 1.22. The lowest BCUT2D eigenvalue weighted by molar-refractivity contribution is -0.125. The number of fused-ring (bicyclic) bond motifs is 4. The number of amides is 4. The number of alkyl halides is 2. The first kappa shape index (κ1) is 30.1. The maximum atomic E-state index is 14.8. The first-order chi connectivity index (χ1) is 21.8. The summed E-state index contributed by atoms with van der Waals surface area (Å²) < 4.78 is 28.6. The van der Waals surface area contributed by atoms with E-state index >= 15 is 0 Å². The van der Waals surface area contributed by atoms with Crippen molar-refractivity contribution in [1.29, 1.82) is 0 Å². The molecule has 4 amide bonds. The lowest BCUT2D eigenvalue weighted by atomic mass is 9.56. The van der Waals surface area contributed by atoms with Crippen molar-refractivity contribution in [3.63, 3.8) is 0 Å². The monoisotopic (exact) mass is 666 g/mol. The fourth-order valence-electron chi connectivity index (χ4n) is 7.54. The summed E-state index contributed by atoms with van der Waals surface area (Å²) in [6.45, 7) is 0. The summed E-state index contributed by atoms with van der Waals surface area (Å²) in [7, 11) is 0. The van der Waals surface area contributed by atoms with Crippen LogP contribution in [0.2, 0.25) is 0 Å². The van der Waals surface area contributed by atoms with Crippen molar-refractivity contribution in [2.24, 2.45) is 17.8 Å². The normalized spacial score (nSPS) is 30.2. The molecule has 0 unspecified atom stereocenters. The van der Waals surface area contributed by atoms with E-state index in [2.05, 4.69) is 0 Å². The molecule has 0 bridgehead atoms. The highest BCUT2D eigenvalue weighted by Crippen LogP contribution is 2.66. The number of allylic oxidation sites excluding steroid dienone is 2. The molecule has 0 spiro atoms. The van der Waals surface area contributed by atoms with Gasteiger partial charge in [0, 0.05) is 11.5 Å². The number of carbonyl (C=O) groups excluding carboxylic acids is 4. The molecule has 3 aromatic carbocycles. The van der Waals surface area contributed by atoms with Crippen molar-refractivity contribution in [3.8, 4) is 5.75 Å². The summed E-state index contributed by atoms with van der Waals surface area (Å²) in [5.41, 5.74) is 0.0354. The van der Waals surface area contributed by atoms with Crippen LogP contribution in [0.1, 0.15) is 34.7 Å². The van der Waals surface area contributed by atoms with E-state index in [4.69, 9.17) is 23.2 Å². The van der Waals surface area contributed by atoms with Crippen LogP contribution in [0.15, 0.2) is 78.4 Å². The van der Waals surface area contributed by atoms with Gasteiger partial charge in [0.25, 0.3) is 11.8 Å². The third kappa shape index (κ3) is 3.88. The first-order valence-electron chi connectivity index (χ1n) is 14.2. The molecule has 2 heterocycles. The van der Waals surface area contributed by atoms with Crippen LogP contribution in [0.5, 0.6) is 5.75 Å². The van der Waals surface area contributed by atoms with Crippen molar-refractivity contribution < 1.29 is 43.0 Å². The lowest BCUT2D eigenvalue weighted by Crippen LogP contribution is -2.60. The van der Waals surface area contributed by atoms with Gasteiger partial charge in [0.15, 0.2) is 21.3 Å². The number of halogens is 4. The van der Waals surface area contributed by atoms with E-state index in [9.17, 15) is 43.0 Å². The number of carboxylic acids is 1. The average Bonchev–Trinajstić information content (AvgIpc) is 3.37. The van der Waals surface area contributed by atoms with Gasteiger partial charge in [0.2, 0.25) is 11.8 Å². The van der Waals surface area contributed by atoms with Gasteiger partial charge in [-0.1, -0.05) is 29.8 Å². The fourth-order valence-corrected chi connectivity index (χ4v) is 8.47. The number of carboxylic acid groups (broad SMARTS) is 1. The Balaban J connectivity index is 1.40. The maximum absolute atomic E-state index is 14.8. The lowest BCUT2D eigenvalue weighted by Gasteiger charge is -2.50. The molecule has 2 aliphatic carbocycles. The van der Waals surface area contributed by atoms with E-state index < -0.39 is 80.4 Å². The number of benzene rings is 3. The Hall–Kier alpha value is -4.61. The van der Waals surface area contributed by atoms with Crippen molar-refractivity contribution in [2.75, 3.05) is 9.80 Å². The fraction of sp³-hybridized carbons (Fsp3) is 0.242. The predicted octanol–water partition coefficient (Wildman–Crippen LogP) is 5.14. The summed E-state index contributed by atoms with van der Waals surface area (Å²) in [5.74, 6) is -11.4. The van der Waals surface area contributed by atoms with Gasteiger partial charge in [0.1, 0.15) is 5.82 Å². The molecular formula is C33H22Cl2F2N2O7. The zero-order valence-electron chi connectivity index (χ0n) is 23.5. The number of carbonyl (C=O) groups is 5. The Bertz CT molecular complexity index is 1930. The molecule has 2 saturated heterocycles. The second kappa shape index (κ2) is 10.2. The number of hydrogen-bond donors (Lipinski definition) is 2. The largest absolute Gasteiger partial charge is 0.505 e. The Morgan fingerprint density at radius 1 is 0.848 bits per heavy atom. The van der Waals surface area contributed by atoms with Crippen molar-refractivity contribution >= 4 is 64.2 Å². The van der Waals surface area contributed by atoms with Crippen LogP contribution in [0.4, 0.5) is 20.2 Å². The minimum atomic E-state index is -2.35. The average molecular weight is 667 g/mol. The van der Waals surface area contributed by atoms with Gasteiger partial charge in [-0.25, -0.2) is 18.5 Å². The van der Waals surface area contributed by atoms with Gasteiger partial charge >= 0.3 is 5.97 Å². The summed E-state index contributed by atoms with van der Waals surface area (Å²) >= 11 is 14.4. The Morgan fingerprint density at radius 3 is 2.24 bits per heavy atom. The quantitative estimate of drug-likeness (QED) is 0.224.